The van der Waals surface area contributed by atoms with Crippen LogP contribution in [-0.2, 0) is 32.6 Å². The predicted molar refractivity (Wildman–Crippen MR) is 167 cm³/mol. The number of amides is 2. The maximum absolute atomic E-state index is 14.3. The number of sulfonamides is 1. The molecule has 218 valence electrons. The van der Waals surface area contributed by atoms with Crippen LogP contribution in [0, 0.1) is 6.92 Å². The SMILES string of the molecule is CNC(=O)[C@H](Cc1ccccc1)N(Cc1ccccc1C)C(=O)CN(c1cc(Cl)cc(Cl)c1)S(=O)(=O)c1ccccc1. The molecule has 0 aliphatic rings. The largest absolute Gasteiger partial charge is 0.357 e. The van der Waals surface area contributed by atoms with Crippen molar-refractivity contribution in [1.82, 2.24) is 10.2 Å². The highest BCUT2D eigenvalue weighted by Crippen LogP contribution is 2.30. The molecule has 4 rings (SSSR count). The molecule has 2 amide bonds. The highest BCUT2D eigenvalue weighted by Gasteiger charge is 2.34. The molecule has 1 N–H and O–H groups in total. The fourth-order valence-corrected chi connectivity index (χ4v) is 6.56. The topological polar surface area (TPSA) is 86.8 Å². The van der Waals surface area contributed by atoms with E-state index in [0.717, 1.165) is 21.0 Å². The number of carbonyl (C=O) groups is 2. The summed E-state index contributed by atoms with van der Waals surface area (Å²) in [4.78, 5) is 29.1. The van der Waals surface area contributed by atoms with Crippen molar-refractivity contribution in [2.75, 3.05) is 17.9 Å². The Hall–Kier alpha value is -3.85. The maximum Gasteiger partial charge on any atom is 0.264 e. The Morgan fingerprint density at radius 1 is 0.833 bits per heavy atom. The van der Waals surface area contributed by atoms with Crippen LogP contribution in [-0.4, -0.2) is 44.8 Å². The summed E-state index contributed by atoms with van der Waals surface area (Å²) in [6.45, 7) is 1.41. The summed E-state index contributed by atoms with van der Waals surface area (Å²) in [6.07, 6.45) is 0.229. The van der Waals surface area contributed by atoms with Crippen molar-refractivity contribution in [3.05, 3.63) is 130 Å². The molecule has 0 heterocycles. The molecule has 1 atom stereocenters. The highest BCUT2D eigenvalue weighted by atomic mass is 35.5. The molecule has 0 bridgehead atoms. The number of aryl methyl sites for hydroxylation is 1. The van der Waals surface area contributed by atoms with Gasteiger partial charge in [-0.15, -0.1) is 0 Å². The number of nitrogens with one attached hydrogen (secondary N) is 1. The van der Waals surface area contributed by atoms with E-state index in [1.165, 1.54) is 42.3 Å². The minimum Gasteiger partial charge on any atom is -0.357 e. The molecule has 10 heteroatoms. The lowest BCUT2D eigenvalue weighted by Gasteiger charge is -2.34. The number of benzene rings is 4. The Kier molecular flexibility index (Phi) is 10.3. The molecular weight excluding hydrogens is 593 g/mol. The predicted octanol–water partition coefficient (Wildman–Crippen LogP) is 5.88. The quantitative estimate of drug-likeness (QED) is 0.226. The van der Waals surface area contributed by atoms with Gasteiger partial charge in [-0.3, -0.25) is 13.9 Å². The molecule has 0 saturated heterocycles. The second kappa shape index (κ2) is 13.9. The van der Waals surface area contributed by atoms with E-state index < -0.39 is 28.5 Å². The van der Waals surface area contributed by atoms with E-state index >= 15 is 0 Å². The van der Waals surface area contributed by atoms with Gasteiger partial charge in [-0.1, -0.05) is 96.0 Å². The van der Waals surface area contributed by atoms with Crippen LogP contribution in [0.5, 0.6) is 0 Å². The summed E-state index contributed by atoms with van der Waals surface area (Å²) < 4.78 is 28.9. The molecular formula is C32H31Cl2N3O4S. The van der Waals surface area contributed by atoms with Gasteiger partial charge in [-0.2, -0.15) is 0 Å². The van der Waals surface area contributed by atoms with Crippen LogP contribution in [0.2, 0.25) is 10.0 Å². The summed E-state index contributed by atoms with van der Waals surface area (Å²) in [5, 5.41) is 3.10. The zero-order valence-electron chi connectivity index (χ0n) is 23.2. The van der Waals surface area contributed by atoms with E-state index in [9.17, 15) is 18.0 Å². The van der Waals surface area contributed by atoms with E-state index in [0.29, 0.717) is 0 Å². The summed E-state index contributed by atoms with van der Waals surface area (Å²) in [5.74, 6) is -0.942. The first-order valence-electron chi connectivity index (χ1n) is 13.2. The summed E-state index contributed by atoms with van der Waals surface area (Å²) in [6, 6.07) is 28.1. The van der Waals surface area contributed by atoms with Crippen molar-refractivity contribution in [3.8, 4) is 0 Å². The maximum atomic E-state index is 14.3. The lowest BCUT2D eigenvalue weighted by molar-refractivity contribution is -0.139. The molecule has 0 radical (unpaired) electrons. The van der Waals surface area contributed by atoms with Crippen molar-refractivity contribution in [3.63, 3.8) is 0 Å². The van der Waals surface area contributed by atoms with Gasteiger partial charge in [0.05, 0.1) is 10.6 Å². The van der Waals surface area contributed by atoms with Gasteiger partial charge in [0, 0.05) is 30.1 Å². The van der Waals surface area contributed by atoms with Crippen LogP contribution in [0.15, 0.2) is 108 Å². The van der Waals surface area contributed by atoms with E-state index in [4.69, 9.17) is 23.2 Å². The lowest BCUT2D eigenvalue weighted by Crippen LogP contribution is -2.53. The van der Waals surface area contributed by atoms with E-state index in [-0.39, 0.29) is 39.5 Å². The Morgan fingerprint density at radius 2 is 1.40 bits per heavy atom. The molecule has 0 spiro atoms. The second-order valence-electron chi connectivity index (χ2n) is 9.72. The van der Waals surface area contributed by atoms with Gasteiger partial charge in [0.2, 0.25) is 11.8 Å². The molecule has 0 unspecified atom stereocenters. The molecule has 0 aromatic heterocycles. The van der Waals surface area contributed by atoms with Gasteiger partial charge in [0.25, 0.3) is 10.0 Å². The third kappa shape index (κ3) is 7.50. The number of carbonyl (C=O) groups excluding carboxylic acids is 2. The van der Waals surface area contributed by atoms with Crippen LogP contribution >= 0.6 is 23.2 Å². The molecule has 0 aliphatic heterocycles. The molecule has 0 aliphatic carbocycles. The minimum absolute atomic E-state index is 0.00788. The number of halogens is 2. The van der Waals surface area contributed by atoms with Crippen LogP contribution < -0.4 is 9.62 Å². The van der Waals surface area contributed by atoms with Crippen LogP contribution in [0.4, 0.5) is 5.69 Å². The average Bonchev–Trinajstić information content (AvgIpc) is 2.98. The number of hydrogen-bond acceptors (Lipinski definition) is 4. The fraction of sp³-hybridized carbons (Fsp3) is 0.188. The Labute approximate surface area is 256 Å². The van der Waals surface area contributed by atoms with Crippen molar-refractivity contribution in [1.29, 1.82) is 0 Å². The van der Waals surface area contributed by atoms with Gasteiger partial charge in [0.15, 0.2) is 0 Å². The van der Waals surface area contributed by atoms with Gasteiger partial charge < -0.3 is 10.2 Å². The zero-order valence-corrected chi connectivity index (χ0v) is 25.5. The third-order valence-corrected chi connectivity index (χ3v) is 9.09. The fourth-order valence-electron chi connectivity index (χ4n) is 4.62. The first-order valence-corrected chi connectivity index (χ1v) is 15.4. The van der Waals surface area contributed by atoms with E-state index in [1.54, 1.807) is 18.2 Å². The van der Waals surface area contributed by atoms with Crippen LogP contribution in [0.25, 0.3) is 0 Å². The molecule has 0 saturated carbocycles. The summed E-state index contributed by atoms with van der Waals surface area (Å²) in [7, 11) is -2.73. The summed E-state index contributed by atoms with van der Waals surface area (Å²) in [5.41, 5.74) is 2.74. The number of nitrogens with zero attached hydrogens (tertiary/aromatic N) is 2. The van der Waals surface area contributed by atoms with Gasteiger partial charge >= 0.3 is 0 Å². The van der Waals surface area contributed by atoms with E-state index in [1.807, 2.05) is 61.5 Å². The average molecular weight is 625 g/mol. The molecule has 4 aromatic rings. The Morgan fingerprint density at radius 3 is 2.00 bits per heavy atom. The zero-order chi connectivity index (χ0) is 30.3. The Bertz CT molecular complexity index is 1630. The Balaban J connectivity index is 1.81. The normalized spacial score (nSPS) is 11.9. The molecule has 42 heavy (non-hydrogen) atoms. The van der Waals surface area contributed by atoms with E-state index in [2.05, 4.69) is 5.32 Å². The lowest BCUT2D eigenvalue weighted by atomic mass is 10.0. The first-order chi connectivity index (χ1) is 20.1. The van der Waals surface area contributed by atoms with Gasteiger partial charge in [-0.05, 0) is 53.9 Å². The molecule has 4 aromatic carbocycles. The number of rotatable bonds is 11. The number of anilines is 1. The van der Waals surface area contributed by atoms with Crippen molar-refractivity contribution in [2.24, 2.45) is 0 Å². The molecule has 0 fully saturated rings. The van der Waals surface area contributed by atoms with Crippen LogP contribution in [0.1, 0.15) is 16.7 Å². The van der Waals surface area contributed by atoms with Gasteiger partial charge in [0.1, 0.15) is 12.6 Å². The minimum atomic E-state index is -4.24. The van der Waals surface area contributed by atoms with Crippen molar-refractivity contribution >= 4 is 50.7 Å². The van der Waals surface area contributed by atoms with Crippen molar-refractivity contribution in [2.45, 2.75) is 30.8 Å². The number of hydrogen-bond donors (Lipinski definition) is 1. The first kappa shape index (κ1) is 31.1. The number of likely N-dealkylation sites (N-methyl/N-ethyl adjacent to an activating group) is 1. The summed E-state index contributed by atoms with van der Waals surface area (Å²) >= 11 is 12.5. The monoisotopic (exact) mass is 623 g/mol. The third-order valence-electron chi connectivity index (χ3n) is 6.86. The highest BCUT2D eigenvalue weighted by molar-refractivity contribution is 7.92. The van der Waals surface area contributed by atoms with Crippen molar-refractivity contribution < 1.29 is 18.0 Å². The smallest absolute Gasteiger partial charge is 0.264 e. The van der Waals surface area contributed by atoms with Gasteiger partial charge in [-0.25, -0.2) is 8.42 Å². The van der Waals surface area contributed by atoms with Crippen LogP contribution in [0.3, 0.4) is 0 Å². The second-order valence-corrected chi connectivity index (χ2v) is 12.5. The standard InChI is InChI=1S/C32H31Cl2N3O4S/c1-23-11-9-10-14-25(23)21-36(30(32(39)35-2)17-24-12-5-3-6-13-24)31(38)22-37(28-19-26(33)18-27(34)20-28)42(40,41)29-15-7-4-8-16-29/h3-16,18-20,30H,17,21-22H2,1-2H3,(H,35,39)/t30-/m0/s1. The molecule has 7 nitrogen and oxygen atoms in total.